The first-order valence-corrected chi connectivity index (χ1v) is 8.00. The molecule has 0 aromatic heterocycles. The van der Waals surface area contributed by atoms with Gasteiger partial charge in [-0.25, -0.2) is 0 Å². The van der Waals surface area contributed by atoms with Crippen LogP contribution in [0.25, 0.3) is 0 Å². The fraction of sp³-hybridized carbons (Fsp3) is 1.00. The van der Waals surface area contributed by atoms with Crippen molar-refractivity contribution in [1.82, 2.24) is 10.2 Å². The van der Waals surface area contributed by atoms with Gasteiger partial charge in [-0.2, -0.15) is 0 Å². The Morgan fingerprint density at radius 3 is 2.39 bits per heavy atom. The fourth-order valence-electron chi connectivity index (χ4n) is 2.87. The van der Waals surface area contributed by atoms with Crippen LogP contribution in [0.4, 0.5) is 0 Å². The van der Waals surface area contributed by atoms with Crippen molar-refractivity contribution in [2.45, 2.75) is 65.3 Å². The Balaban J connectivity index is 1.98. The highest BCUT2D eigenvalue weighted by Gasteiger charge is 2.20. The van der Waals surface area contributed by atoms with Crippen LogP contribution in [-0.4, -0.2) is 37.6 Å². The molecule has 18 heavy (non-hydrogen) atoms. The lowest BCUT2D eigenvalue weighted by Crippen LogP contribution is -2.35. The Morgan fingerprint density at radius 2 is 1.78 bits per heavy atom. The molecule has 2 heteroatoms. The summed E-state index contributed by atoms with van der Waals surface area (Å²) >= 11 is 0. The van der Waals surface area contributed by atoms with Gasteiger partial charge in [0.1, 0.15) is 0 Å². The van der Waals surface area contributed by atoms with E-state index in [0.717, 1.165) is 24.4 Å². The van der Waals surface area contributed by atoms with Crippen LogP contribution in [0.15, 0.2) is 0 Å². The molecule has 1 N–H and O–H groups in total. The Kier molecular flexibility index (Phi) is 7.92. The molecule has 0 heterocycles. The number of nitrogens with zero attached hydrogens (tertiary/aromatic N) is 1. The third-order valence-corrected chi connectivity index (χ3v) is 4.28. The first kappa shape index (κ1) is 16.0. The smallest absolute Gasteiger partial charge is 0.00924 e. The Hall–Kier alpha value is -0.0800. The molecule has 1 saturated carbocycles. The quantitative estimate of drug-likeness (QED) is 0.667. The zero-order chi connectivity index (χ0) is 13.4. The van der Waals surface area contributed by atoms with Gasteiger partial charge in [0.25, 0.3) is 0 Å². The second-order valence-electron chi connectivity index (χ2n) is 6.70. The van der Waals surface area contributed by atoms with E-state index in [1.54, 1.807) is 0 Å². The number of hydrogen-bond donors (Lipinski definition) is 1. The highest BCUT2D eigenvalue weighted by Crippen LogP contribution is 2.26. The molecule has 0 bridgehead atoms. The van der Waals surface area contributed by atoms with Crippen LogP contribution in [0.3, 0.4) is 0 Å². The van der Waals surface area contributed by atoms with E-state index >= 15 is 0 Å². The minimum absolute atomic E-state index is 0.775. The van der Waals surface area contributed by atoms with Crippen molar-refractivity contribution in [3.63, 3.8) is 0 Å². The molecule has 0 aromatic rings. The second-order valence-corrected chi connectivity index (χ2v) is 6.70. The van der Waals surface area contributed by atoms with Crippen LogP contribution in [0, 0.1) is 11.8 Å². The highest BCUT2D eigenvalue weighted by atomic mass is 15.1. The average molecular weight is 254 g/mol. The zero-order valence-corrected chi connectivity index (χ0v) is 13.0. The summed E-state index contributed by atoms with van der Waals surface area (Å²) in [4.78, 5) is 2.61. The SMILES string of the molecule is CC(C)CNCCCCN(C)C1CCC(C)CC1. The van der Waals surface area contributed by atoms with Gasteiger partial charge < -0.3 is 10.2 Å². The number of rotatable bonds is 8. The lowest BCUT2D eigenvalue weighted by molar-refractivity contribution is 0.168. The molecule has 0 aliphatic heterocycles. The van der Waals surface area contributed by atoms with Crippen molar-refractivity contribution in [2.75, 3.05) is 26.7 Å². The van der Waals surface area contributed by atoms with Gasteiger partial charge in [0.05, 0.1) is 0 Å². The predicted molar refractivity (Wildman–Crippen MR) is 81.0 cm³/mol. The molecule has 0 amide bonds. The van der Waals surface area contributed by atoms with E-state index in [1.807, 2.05) is 0 Å². The van der Waals surface area contributed by atoms with Gasteiger partial charge in [0.2, 0.25) is 0 Å². The molecule has 0 aromatic carbocycles. The standard InChI is InChI=1S/C16H34N2/c1-14(2)13-17-11-5-6-12-18(4)16-9-7-15(3)8-10-16/h14-17H,5-13H2,1-4H3. The van der Waals surface area contributed by atoms with Gasteiger partial charge in [-0.15, -0.1) is 0 Å². The van der Waals surface area contributed by atoms with Gasteiger partial charge in [-0.3, -0.25) is 0 Å². The van der Waals surface area contributed by atoms with E-state index in [0.29, 0.717) is 0 Å². The molecule has 1 aliphatic carbocycles. The Labute approximate surface area is 115 Å². The summed E-state index contributed by atoms with van der Waals surface area (Å²) < 4.78 is 0. The summed E-state index contributed by atoms with van der Waals surface area (Å²) in [5.41, 5.74) is 0. The summed E-state index contributed by atoms with van der Waals surface area (Å²) in [6.45, 7) is 10.6. The first-order chi connectivity index (χ1) is 8.59. The topological polar surface area (TPSA) is 15.3 Å². The van der Waals surface area contributed by atoms with Crippen molar-refractivity contribution in [3.8, 4) is 0 Å². The third kappa shape index (κ3) is 6.75. The third-order valence-electron chi connectivity index (χ3n) is 4.28. The van der Waals surface area contributed by atoms with Gasteiger partial charge in [0.15, 0.2) is 0 Å². The monoisotopic (exact) mass is 254 g/mol. The van der Waals surface area contributed by atoms with E-state index in [2.05, 4.69) is 38.0 Å². The van der Waals surface area contributed by atoms with E-state index < -0.39 is 0 Å². The maximum Gasteiger partial charge on any atom is 0.00924 e. The highest BCUT2D eigenvalue weighted by molar-refractivity contribution is 4.76. The minimum Gasteiger partial charge on any atom is -0.316 e. The van der Waals surface area contributed by atoms with Crippen LogP contribution in [0.2, 0.25) is 0 Å². The fourth-order valence-corrected chi connectivity index (χ4v) is 2.87. The lowest BCUT2D eigenvalue weighted by atomic mass is 9.87. The lowest BCUT2D eigenvalue weighted by Gasteiger charge is -2.33. The number of unbranched alkanes of at least 4 members (excludes halogenated alkanes) is 1. The largest absolute Gasteiger partial charge is 0.316 e. The Bertz CT molecular complexity index is 195. The molecule has 0 spiro atoms. The maximum absolute atomic E-state index is 3.53. The van der Waals surface area contributed by atoms with Gasteiger partial charge in [0, 0.05) is 6.04 Å². The predicted octanol–water partition coefficient (Wildman–Crippen LogP) is 3.52. The van der Waals surface area contributed by atoms with Gasteiger partial charge in [-0.1, -0.05) is 20.8 Å². The molecule has 0 radical (unpaired) electrons. The summed E-state index contributed by atoms with van der Waals surface area (Å²) in [7, 11) is 2.32. The molecule has 0 saturated heterocycles. The summed E-state index contributed by atoms with van der Waals surface area (Å²) in [5, 5.41) is 3.53. The molecule has 0 unspecified atom stereocenters. The van der Waals surface area contributed by atoms with E-state index in [1.165, 1.54) is 51.6 Å². The van der Waals surface area contributed by atoms with E-state index in [9.17, 15) is 0 Å². The maximum atomic E-state index is 3.53. The minimum atomic E-state index is 0.775. The van der Waals surface area contributed by atoms with E-state index in [4.69, 9.17) is 0 Å². The molecule has 1 aliphatic rings. The van der Waals surface area contributed by atoms with Crippen molar-refractivity contribution < 1.29 is 0 Å². The molecule has 1 fully saturated rings. The molecule has 108 valence electrons. The van der Waals surface area contributed by atoms with Crippen molar-refractivity contribution in [1.29, 1.82) is 0 Å². The van der Waals surface area contributed by atoms with Crippen LogP contribution in [0.1, 0.15) is 59.3 Å². The van der Waals surface area contributed by atoms with Gasteiger partial charge >= 0.3 is 0 Å². The van der Waals surface area contributed by atoms with Crippen LogP contribution in [-0.2, 0) is 0 Å². The van der Waals surface area contributed by atoms with Crippen molar-refractivity contribution in [3.05, 3.63) is 0 Å². The molecule has 1 rings (SSSR count). The Morgan fingerprint density at radius 1 is 1.11 bits per heavy atom. The number of hydrogen-bond acceptors (Lipinski definition) is 2. The first-order valence-electron chi connectivity index (χ1n) is 8.00. The van der Waals surface area contributed by atoms with Crippen molar-refractivity contribution in [2.24, 2.45) is 11.8 Å². The normalized spacial score (nSPS) is 25.0. The van der Waals surface area contributed by atoms with Crippen molar-refractivity contribution >= 4 is 0 Å². The molecular weight excluding hydrogens is 220 g/mol. The van der Waals surface area contributed by atoms with Crippen LogP contribution >= 0.6 is 0 Å². The van der Waals surface area contributed by atoms with E-state index in [-0.39, 0.29) is 0 Å². The zero-order valence-electron chi connectivity index (χ0n) is 13.0. The number of nitrogens with one attached hydrogen (secondary N) is 1. The van der Waals surface area contributed by atoms with Crippen LogP contribution in [0.5, 0.6) is 0 Å². The molecular formula is C16H34N2. The summed E-state index contributed by atoms with van der Waals surface area (Å²) in [6, 6.07) is 0.866. The summed E-state index contributed by atoms with van der Waals surface area (Å²) in [5.74, 6) is 1.74. The molecule has 0 atom stereocenters. The van der Waals surface area contributed by atoms with Crippen LogP contribution < -0.4 is 5.32 Å². The van der Waals surface area contributed by atoms with Gasteiger partial charge in [-0.05, 0) is 77.0 Å². The molecule has 2 nitrogen and oxygen atoms in total. The summed E-state index contributed by atoms with van der Waals surface area (Å²) in [6.07, 6.45) is 8.37. The average Bonchev–Trinajstić information content (AvgIpc) is 2.34. The second kappa shape index (κ2) is 8.92.